The van der Waals surface area contributed by atoms with Gasteiger partial charge in [-0.05, 0) is 13.8 Å². The Bertz CT molecular complexity index is 473. The number of nitrogens with one attached hydrogen (secondary N) is 1. The molecule has 1 aromatic rings. The molecule has 1 aromatic heterocycles. The fourth-order valence-electron chi connectivity index (χ4n) is 1.82. The highest BCUT2D eigenvalue weighted by atomic mass is 16.5. The molecule has 0 aliphatic heterocycles. The molecule has 19 heavy (non-hydrogen) atoms. The van der Waals surface area contributed by atoms with Gasteiger partial charge in [-0.3, -0.25) is 4.57 Å². The second-order valence-corrected chi connectivity index (χ2v) is 4.22. The number of hydrogen-bond donors (Lipinski definition) is 3. The van der Waals surface area contributed by atoms with E-state index in [1.165, 1.54) is 4.57 Å². The molecule has 0 saturated carbocycles. The summed E-state index contributed by atoms with van der Waals surface area (Å²) in [6.45, 7) is 4.25. The third-order valence-corrected chi connectivity index (χ3v) is 2.80. The Labute approximate surface area is 111 Å². The summed E-state index contributed by atoms with van der Waals surface area (Å²) in [6.07, 6.45) is -0.987. The van der Waals surface area contributed by atoms with Crippen LogP contribution in [0.2, 0.25) is 0 Å². The topological polar surface area (TPSA) is 96.6 Å². The third-order valence-electron chi connectivity index (χ3n) is 2.80. The van der Waals surface area contributed by atoms with Crippen LogP contribution >= 0.6 is 0 Å². The van der Waals surface area contributed by atoms with Crippen LogP contribution in [0.5, 0.6) is 0 Å². The molecule has 3 N–H and O–H groups in total. The Balaban J connectivity index is 3.25. The second-order valence-electron chi connectivity index (χ2n) is 4.22. The van der Waals surface area contributed by atoms with E-state index in [1.54, 1.807) is 14.0 Å². The SMILES string of the molecule is CCNc1nc(=O)n(CC(O)CO)c(C)c1COC. The zero-order chi connectivity index (χ0) is 14.4. The average molecular weight is 271 g/mol. The van der Waals surface area contributed by atoms with Crippen LogP contribution in [0.25, 0.3) is 0 Å². The van der Waals surface area contributed by atoms with Crippen molar-refractivity contribution in [3.05, 3.63) is 21.7 Å². The minimum atomic E-state index is -0.987. The molecule has 7 heteroatoms. The number of rotatable bonds is 7. The average Bonchev–Trinajstić information content (AvgIpc) is 2.39. The number of aliphatic hydroxyl groups is 2. The van der Waals surface area contributed by atoms with Gasteiger partial charge >= 0.3 is 5.69 Å². The third kappa shape index (κ3) is 3.76. The minimum Gasteiger partial charge on any atom is -0.394 e. The van der Waals surface area contributed by atoms with Crippen LogP contribution in [0.1, 0.15) is 18.2 Å². The van der Waals surface area contributed by atoms with Crippen LogP contribution < -0.4 is 11.0 Å². The van der Waals surface area contributed by atoms with E-state index in [9.17, 15) is 9.90 Å². The van der Waals surface area contributed by atoms with Crippen LogP contribution in [0, 0.1) is 6.92 Å². The first kappa shape index (κ1) is 15.6. The van der Waals surface area contributed by atoms with Crippen molar-refractivity contribution in [1.82, 2.24) is 9.55 Å². The Kier molecular flexibility index (Phi) is 5.94. The number of anilines is 1. The van der Waals surface area contributed by atoms with E-state index < -0.39 is 18.4 Å². The zero-order valence-electron chi connectivity index (χ0n) is 11.5. The molecule has 0 radical (unpaired) electrons. The summed E-state index contributed by atoms with van der Waals surface area (Å²) in [5.74, 6) is 0.501. The van der Waals surface area contributed by atoms with Crippen LogP contribution in [-0.4, -0.2) is 46.1 Å². The van der Waals surface area contributed by atoms with Crippen LogP contribution in [0.3, 0.4) is 0 Å². The highest BCUT2D eigenvalue weighted by molar-refractivity contribution is 5.45. The van der Waals surface area contributed by atoms with Gasteiger partial charge in [0.25, 0.3) is 0 Å². The van der Waals surface area contributed by atoms with Gasteiger partial charge in [0.15, 0.2) is 0 Å². The summed E-state index contributed by atoms with van der Waals surface area (Å²) in [6, 6.07) is 0. The van der Waals surface area contributed by atoms with Crippen molar-refractivity contribution in [1.29, 1.82) is 0 Å². The van der Waals surface area contributed by atoms with Crippen LogP contribution in [0.15, 0.2) is 4.79 Å². The lowest BCUT2D eigenvalue weighted by atomic mass is 10.2. The van der Waals surface area contributed by atoms with Gasteiger partial charge in [-0.1, -0.05) is 0 Å². The van der Waals surface area contributed by atoms with Crippen LogP contribution in [-0.2, 0) is 17.9 Å². The number of methoxy groups -OCH3 is 1. The highest BCUT2D eigenvalue weighted by Crippen LogP contribution is 2.16. The number of aromatic nitrogens is 2. The standard InChI is InChI=1S/C12H21N3O4/c1-4-13-11-10(7-19-3)8(2)15(12(18)14-11)5-9(17)6-16/h9,16-17H,4-7H2,1-3H3,(H,13,14,18). The Morgan fingerprint density at radius 3 is 2.74 bits per heavy atom. The van der Waals surface area contributed by atoms with Gasteiger partial charge in [-0.25, -0.2) is 4.79 Å². The molecule has 0 spiro atoms. The number of nitrogens with zero attached hydrogens (tertiary/aromatic N) is 2. The van der Waals surface area contributed by atoms with E-state index in [-0.39, 0.29) is 6.54 Å². The van der Waals surface area contributed by atoms with Gasteiger partial charge in [0.2, 0.25) is 0 Å². The zero-order valence-corrected chi connectivity index (χ0v) is 11.5. The van der Waals surface area contributed by atoms with Crippen molar-refractivity contribution in [2.75, 3.05) is 25.6 Å². The van der Waals surface area contributed by atoms with E-state index in [1.807, 2.05) is 6.92 Å². The summed E-state index contributed by atoms with van der Waals surface area (Å²) < 4.78 is 6.46. The molecule has 108 valence electrons. The van der Waals surface area contributed by atoms with E-state index in [4.69, 9.17) is 9.84 Å². The second kappa shape index (κ2) is 7.22. The normalized spacial score (nSPS) is 12.5. The fourth-order valence-corrected chi connectivity index (χ4v) is 1.82. The molecule has 1 unspecified atom stereocenters. The lowest BCUT2D eigenvalue weighted by Gasteiger charge is -2.18. The molecule has 0 aliphatic rings. The lowest BCUT2D eigenvalue weighted by molar-refractivity contribution is 0.0792. The van der Waals surface area contributed by atoms with Gasteiger partial charge in [0.05, 0.1) is 25.9 Å². The van der Waals surface area contributed by atoms with Crippen molar-refractivity contribution >= 4 is 5.82 Å². The van der Waals surface area contributed by atoms with Gasteiger partial charge < -0.3 is 20.3 Å². The summed E-state index contributed by atoms with van der Waals surface area (Å²) in [5, 5.41) is 21.4. The maximum absolute atomic E-state index is 11.9. The van der Waals surface area contributed by atoms with Gasteiger partial charge in [-0.15, -0.1) is 0 Å². The molecular formula is C12H21N3O4. The van der Waals surface area contributed by atoms with Crippen molar-refractivity contribution in [3.8, 4) is 0 Å². The Hall–Kier alpha value is -1.44. The number of aliphatic hydroxyl groups excluding tert-OH is 2. The van der Waals surface area contributed by atoms with E-state index in [0.717, 1.165) is 5.56 Å². The molecule has 0 fully saturated rings. The van der Waals surface area contributed by atoms with E-state index in [0.29, 0.717) is 24.7 Å². The van der Waals surface area contributed by atoms with Crippen LogP contribution in [0.4, 0.5) is 5.82 Å². The number of ether oxygens (including phenoxy) is 1. The van der Waals surface area contributed by atoms with Crippen molar-refractivity contribution in [3.63, 3.8) is 0 Å². The van der Waals surface area contributed by atoms with Crippen molar-refractivity contribution in [2.45, 2.75) is 33.1 Å². The van der Waals surface area contributed by atoms with Gasteiger partial charge in [0.1, 0.15) is 5.82 Å². The first-order valence-corrected chi connectivity index (χ1v) is 6.17. The molecule has 0 saturated heterocycles. The maximum atomic E-state index is 11.9. The molecule has 7 nitrogen and oxygen atoms in total. The predicted octanol–water partition coefficient (Wildman–Crippen LogP) is -0.517. The lowest BCUT2D eigenvalue weighted by Crippen LogP contribution is -2.33. The first-order chi connectivity index (χ1) is 9.04. The molecule has 0 amide bonds. The molecule has 1 atom stereocenters. The maximum Gasteiger partial charge on any atom is 0.349 e. The van der Waals surface area contributed by atoms with Gasteiger partial charge in [-0.2, -0.15) is 4.98 Å². The summed E-state index contributed by atoms with van der Waals surface area (Å²) >= 11 is 0. The Morgan fingerprint density at radius 1 is 1.53 bits per heavy atom. The molecule has 0 aliphatic carbocycles. The number of hydrogen-bond acceptors (Lipinski definition) is 6. The summed E-state index contributed by atoms with van der Waals surface area (Å²) in [5.41, 5.74) is 0.986. The van der Waals surface area contributed by atoms with Gasteiger partial charge in [0, 0.05) is 24.9 Å². The molecule has 1 heterocycles. The van der Waals surface area contributed by atoms with E-state index >= 15 is 0 Å². The summed E-state index contributed by atoms with van der Waals surface area (Å²) in [7, 11) is 1.56. The molecule has 1 rings (SSSR count). The quantitative estimate of drug-likeness (QED) is 0.617. The smallest absolute Gasteiger partial charge is 0.349 e. The van der Waals surface area contributed by atoms with E-state index in [2.05, 4.69) is 10.3 Å². The fraction of sp³-hybridized carbons (Fsp3) is 0.667. The first-order valence-electron chi connectivity index (χ1n) is 6.17. The molecule has 0 aromatic carbocycles. The van der Waals surface area contributed by atoms with Crippen molar-refractivity contribution < 1.29 is 14.9 Å². The van der Waals surface area contributed by atoms with Crippen molar-refractivity contribution in [2.24, 2.45) is 0 Å². The summed E-state index contributed by atoms with van der Waals surface area (Å²) in [4.78, 5) is 15.9. The highest BCUT2D eigenvalue weighted by Gasteiger charge is 2.15. The molecular weight excluding hydrogens is 250 g/mol. The predicted molar refractivity (Wildman–Crippen MR) is 71.2 cm³/mol. The Morgan fingerprint density at radius 2 is 2.21 bits per heavy atom. The minimum absolute atomic E-state index is 0.0112. The monoisotopic (exact) mass is 271 g/mol. The largest absolute Gasteiger partial charge is 0.394 e. The molecule has 0 bridgehead atoms.